The molecule has 0 spiro atoms. The van der Waals surface area contributed by atoms with Crippen LogP contribution in [0.3, 0.4) is 0 Å². The van der Waals surface area contributed by atoms with Gasteiger partial charge in [-0.05, 0) is 32.1 Å². The lowest BCUT2D eigenvalue weighted by Gasteiger charge is -2.29. The Kier molecular flexibility index (Phi) is 7.73. The lowest BCUT2D eigenvalue weighted by Crippen LogP contribution is -2.42. The maximum Gasteiger partial charge on any atom is 0.194 e. The number of aryl methyl sites for hydroxylation is 2. The van der Waals surface area contributed by atoms with E-state index in [-0.39, 0.29) is 0 Å². The monoisotopic (exact) mass is 390 g/mol. The number of hydrogen-bond donors (Lipinski definition) is 1. The molecule has 2 saturated heterocycles. The Morgan fingerprint density at radius 1 is 1.18 bits per heavy atom. The minimum Gasteiger partial charge on any atom is -0.379 e. The topological polar surface area (TPSA) is 57.9 Å². The fourth-order valence-corrected chi connectivity index (χ4v) is 4.48. The zero-order valence-corrected chi connectivity index (χ0v) is 18.2. The summed E-state index contributed by atoms with van der Waals surface area (Å²) in [6.07, 6.45) is 3.20. The van der Waals surface area contributed by atoms with Crippen LogP contribution < -0.4 is 5.32 Å². The molecule has 7 heteroatoms. The second-order valence-corrected chi connectivity index (χ2v) is 7.89. The maximum atomic E-state index is 5.48. The van der Waals surface area contributed by atoms with Crippen molar-refractivity contribution in [2.45, 2.75) is 46.6 Å². The van der Waals surface area contributed by atoms with Crippen LogP contribution in [0.15, 0.2) is 4.99 Å². The number of hydrogen-bond acceptors (Lipinski definition) is 4. The van der Waals surface area contributed by atoms with Crippen molar-refractivity contribution in [1.29, 1.82) is 0 Å². The zero-order chi connectivity index (χ0) is 19.9. The highest BCUT2D eigenvalue weighted by molar-refractivity contribution is 5.80. The lowest BCUT2D eigenvalue weighted by atomic mass is 10.1. The van der Waals surface area contributed by atoms with Gasteiger partial charge in [0.25, 0.3) is 0 Å². The van der Waals surface area contributed by atoms with Crippen molar-refractivity contribution in [3.05, 3.63) is 17.0 Å². The Morgan fingerprint density at radius 2 is 1.96 bits per heavy atom. The van der Waals surface area contributed by atoms with E-state index in [0.717, 1.165) is 70.7 Å². The first-order chi connectivity index (χ1) is 13.7. The fraction of sp³-hybridized carbons (Fsp3) is 0.810. The van der Waals surface area contributed by atoms with Crippen molar-refractivity contribution in [2.75, 3.05) is 52.5 Å². The Labute approximate surface area is 170 Å². The van der Waals surface area contributed by atoms with Gasteiger partial charge in [-0.15, -0.1) is 0 Å². The van der Waals surface area contributed by atoms with Crippen LogP contribution in [0.1, 0.15) is 44.1 Å². The molecule has 3 rings (SSSR count). The SMILES string of the molecule is CCNC(=NCc1c(CC)nn(C)c1CC)N1CCC(CN2CCOCC2)C1. The van der Waals surface area contributed by atoms with Gasteiger partial charge < -0.3 is 15.0 Å². The van der Waals surface area contributed by atoms with Gasteiger partial charge in [-0.25, -0.2) is 4.99 Å². The average molecular weight is 391 g/mol. The predicted molar refractivity (Wildman–Crippen MR) is 114 cm³/mol. The van der Waals surface area contributed by atoms with E-state index >= 15 is 0 Å². The van der Waals surface area contributed by atoms with Crippen molar-refractivity contribution < 1.29 is 4.74 Å². The summed E-state index contributed by atoms with van der Waals surface area (Å²) in [5.41, 5.74) is 3.81. The van der Waals surface area contributed by atoms with Gasteiger partial charge in [-0.2, -0.15) is 5.10 Å². The van der Waals surface area contributed by atoms with Crippen LogP contribution in [0.25, 0.3) is 0 Å². The number of aliphatic imine (C=N–C) groups is 1. The predicted octanol–water partition coefficient (Wildman–Crippen LogP) is 1.66. The average Bonchev–Trinajstić information content (AvgIpc) is 3.29. The largest absolute Gasteiger partial charge is 0.379 e. The molecule has 1 aromatic heterocycles. The van der Waals surface area contributed by atoms with Crippen LogP contribution in [-0.4, -0.2) is 78.0 Å². The summed E-state index contributed by atoms with van der Waals surface area (Å²) in [4.78, 5) is 10.0. The number of nitrogens with zero attached hydrogens (tertiary/aromatic N) is 5. The summed E-state index contributed by atoms with van der Waals surface area (Å²) in [6, 6.07) is 0. The van der Waals surface area contributed by atoms with Crippen LogP contribution in [0.4, 0.5) is 0 Å². The van der Waals surface area contributed by atoms with Gasteiger partial charge in [0.05, 0.1) is 25.5 Å². The molecule has 2 aliphatic rings. The molecule has 2 aliphatic heterocycles. The lowest BCUT2D eigenvalue weighted by molar-refractivity contribution is 0.0315. The van der Waals surface area contributed by atoms with Crippen LogP contribution in [0.5, 0.6) is 0 Å². The van der Waals surface area contributed by atoms with Crippen molar-refractivity contribution in [3.63, 3.8) is 0 Å². The highest BCUT2D eigenvalue weighted by atomic mass is 16.5. The first kappa shape index (κ1) is 21.1. The molecule has 0 aromatic carbocycles. The molecular formula is C21H38N6O. The number of rotatable bonds is 7. The van der Waals surface area contributed by atoms with Crippen LogP contribution in [-0.2, 0) is 31.2 Å². The molecule has 1 aromatic rings. The molecule has 0 amide bonds. The highest BCUT2D eigenvalue weighted by Crippen LogP contribution is 2.20. The molecule has 0 radical (unpaired) electrons. The summed E-state index contributed by atoms with van der Waals surface area (Å²) in [5, 5.41) is 8.21. The number of guanidine groups is 1. The van der Waals surface area contributed by atoms with Crippen molar-refractivity contribution in [2.24, 2.45) is 18.0 Å². The third kappa shape index (κ3) is 5.06. The maximum absolute atomic E-state index is 5.48. The fourth-order valence-electron chi connectivity index (χ4n) is 4.48. The summed E-state index contributed by atoms with van der Waals surface area (Å²) >= 11 is 0. The van der Waals surface area contributed by atoms with E-state index in [4.69, 9.17) is 14.8 Å². The Bertz CT molecular complexity index is 650. The number of ether oxygens (including phenoxy) is 1. The second kappa shape index (κ2) is 10.3. The van der Waals surface area contributed by atoms with Crippen LogP contribution >= 0.6 is 0 Å². The smallest absolute Gasteiger partial charge is 0.194 e. The third-order valence-corrected chi connectivity index (χ3v) is 5.96. The van der Waals surface area contributed by atoms with Crippen molar-refractivity contribution in [3.8, 4) is 0 Å². The van der Waals surface area contributed by atoms with Gasteiger partial charge >= 0.3 is 0 Å². The molecule has 0 bridgehead atoms. The standard InChI is InChI=1S/C21H38N6O/c1-5-19-18(20(6-2)25(4)24-19)14-23-21(22-7-3)27-9-8-17(16-27)15-26-10-12-28-13-11-26/h17H,5-16H2,1-4H3,(H,22,23). The van der Waals surface area contributed by atoms with E-state index in [1.807, 2.05) is 11.7 Å². The molecule has 158 valence electrons. The van der Waals surface area contributed by atoms with E-state index < -0.39 is 0 Å². The Hall–Kier alpha value is -1.60. The van der Waals surface area contributed by atoms with Gasteiger partial charge in [0.1, 0.15) is 0 Å². The summed E-state index contributed by atoms with van der Waals surface area (Å²) in [6.45, 7) is 15.4. The van der Waals surface area contributed by atoms with Gasteiger partial charge in [0.15, 0.2) is 5.96 Å². The second-order valence-electron chi connectivity index (χ2n) is 7.89. The number of morpholine rings is 1. The van der Waals surface area contributed by atoms with Gasteiger partial charge in [0.2, 0.25) is 0 Å². The third-order valence-electron chi connectivity index (χ3n) is 5.96. The number of nitrogens with one attached hydrogen (secondary N) is 1. The minimum absolute atomic E-state index is 0.715. The summed E-state index contributed by atoms with van der Waals surface area (Å²) < 4.78 is 7.51. The Balaban J connectivity index is 1.65. The molecule has 0 aliphatic carbocycles. The molecule has 3 heterocycles. The van der Waals surface area contributed by atoms with E-state index in [9.17, 15) is 0 Å². The van der Waals surface area contributed by atoms with Gasteiger partial charge in [0, 0.05) is 57.6 Å². The highest BCUT2D eigenvalue weighted by Gasteiger charge is 2.27. The minimum atomic E-state index is 0.715. The molecular weight excluding hydrogens is 352 g/mol. The zero-order valence-electron chi connectivity index (χ0n) is 18.2. The normalized spacial score (nSPS) is 21.5. The molecule has 28 heavy (non-hydrogen) atoms. The van der Waals surface area contributed by atoms with E-state index in [2.05, 4.69) is 35.9 Å². The number of likely N-dealkylation sites (tertiary alicyclic amines) is 1. The molecule has 1 atom stereocenters. The van der Waals surface area contributed by atoms with E-state index in [1.165, 1.54) is 29.9 Å². The Morgan fingerprint density at radius 3 is 2.64 bits per heavy atom. The van der Waals surface area contributed by atoms with Gasteiger partial charge in [-0.3, -0.25) is 9.58 Å². The first-order valence-electron chi connectivity index (χ1n) is 11.0. The van der Waals surface area contributed by atoms with Gasteiger partial charge in [-0.1, -0.05) is 13.8 Å². The molecule has 7 nitrogen and oxygen atoms in total. The van der Waals surface area contributed by atoms with E-state index in [0.29, 0.717) is 6.54 Å². The quantitative estimate of drug-likeness (QED) is 0.567. The molecule has 0 saturated carbocycles. The van der Waals surface area contributed by atoms with Crippen LogP contribution in [0.2, 0.25) is 0 Å². The summed E-state index contributed by atoms with van der Waals surface area (Å²) in [5.74, 6) is 1.78. The van der Waals surface area contributed by atoms with Crippen LogP contribution in [0, 0.1) is 5.92 Å². The molecule has 1 N–H and O–H groups in total. The van der Waals surface area contributed by atoms with E-state index in [1.54, 1.807) is 0 Å². The first-order valence-corrected chi connectivity index (χ1v) is 11.0. The van der Waals surface area contributed by atoms with Crippen molar-refractivity contribution >= 4 is 5.96 Å². The number of aromatic nitrogens is 2. The van der Waals surface area contributed by atoms with Crippen molar-refractivity contribution in [1.82, 2.24) is 24.9 Å². The molecule has 1 unspecified atom stereocenters. The molecule has 2 fully saturated rings. The summed E-state index contributed by atoms with van der Waals surface area (Å²) in [7, 11) is 2.05.